The summed E-state index contributed by atoms with van der Waals surface area (Å²) in [7, 11) is 0. The number of benzene rings is 2. The van der Waals surface area contributed by atoms with Crippen molar-refractivity contribution in [2.45, 2.75) is 6.18 Å². The van der Waals surface area contributed by atoms with Gasteiger partial charge < -0.3 is 0 Å². The number of carbonyl (C=O) groups excluding carboxylic acids is 1. The predicted octanol–water partition coefficient (Wildman–Crippen LogP) is 5.91. The number of hydrogen-bond donors (Lipinski definition) is 0. The highest BCUT2D eigenvalue weighted by Crippen LogP contribution is 2.36. The molecule has 0 aromatic heterocycles. The second-order valence-corrected chi connectivity index (χ2v) is 4.79. The van der Waals surface area contributed by atoms with Crippen molar-refractivity contribution in [2.75, 3.05) is 0 Å². The molecule has 0 aliphatic carbocycles. The van der Waals surface area contributed by atoms with Crippen molar-refractivity contribution in [3.05, 3.63) is 65.0 Å². The van der Waals surface area contributed by atoms with Gasteiger partial charge in [-0.2, -0.15) is 22.0 Å². The molecule has 0 heterocycles. The SMILES string of the molecule is O=C(F)c1ccc(-c2ccc(C(F)=C(F)C(F)(F)F)c(F)c2)c(F)c1. The van der Waals surface area contributed by atoms with Crippen molar-refractivity contribution in [1.29, 1.82) is 0 Å². The van der Waals surface area contributed by atoms with E-state index in [-0.39, 0.29) is 11.1 Å². The molecular formula is C16H6F8O. The van der Waals surface area contributed by atoms with Gasteiger partial charge in [0.15, 0.2) is 5.83 Å². The van der Waals surface area contributed by atoms with Crippen molar-refractivity contribution in [2.24, 2.45) is 0 Å². The van der Waals surface area contributed by atoms with Crippen LogP contribution in [0.2, 0.25) is 0 Å². The monoisotopic (exact) mass is 366 g/mol. The van der Waals surface area contributed by atoms with Crippen LogP contribution < -0.4 is 0 Å². The highest BCUT2D eigenvalue weighted by molar-refractivity contribution is 5.89. The minimum atomic E-state index is -5.63. The van der Waals surface area contributed by atoms with E-state index in [0.29, 0.717) is 18.2 Å². The second kappa shape index (κ2) is 6.66. The Balaban J connectivity index is 2.49. The topological polar surface area (TPSA) is 17.1 Å². The zero-order chi connectivity index (χ0) is 18.9. The minimum Gasteiger partial charge on any atom is -0.255 e. The van der Waals surface area contributed by atoms with Gasteiger partial charge in [0.1, 0.15) is 11.6 Å². The predicted molar refractivity (Wildman–Crippen MR) is 72.4 cm³/mol. The molecule has 0 N–H and O–H groups in total. The Hall–Kier alpha value is -2.71. The fourth-order valence-corrected chi connectivity index (χ4v) is 1.97. The summed E-state index contributed by atoms with van der Waals surface area (Å²) in [5.41, 5.74) is -2.46. The fraction of sp³-hybridized carbons (Fsp3) is 0.0625. The number of alkyl halides is 3. The van der Waals surface area contributed by atoms with Gasteiger partial charge in [0.2, 0.25) is 5.83 Å². The summed E-state index contributed by atoms with van der Waals surface area (Å²) in [5, 5.41) is 0. The lowest BCUT2D eigenvalue weighted by Gasteiger charge is -2.09. The summed E-state index contributed by atoms with van der Waals surface area (Å²) in [4.78, 5) is 10.5. The third kappa shape index (κ3) is 3.86. The molecule has 132 valence electrons. The van der Waals surface area contributed by atoms with Crippen LogP contribution >= 0.6 is 0 Å². The van der Waals surface area contributed by atoms with Crippen LogP contribution in [0.25, 0.3) is 17.0 Å². The smallest absolute Gasteiger partial charge is 0.255 e. The Morgan fingerprint density at radius 3 is 1.96 bits per heavy atom. The number of rotatable bonds is 3. The molecule has 0 spiro atoms. The van der Waals surface area contributed by atoms with E-state index in [9.17, 15) is 39.9 Å². The van der Waals surface area contributed by atoms with Crippen LogP contribution in [0.1, 0.15) is 15.9 Å². The molecule has 0 aliphatic heterocycles. The van der Waals surface area contributed by atoms with Crippen molar-refractivity contribution in [1.82, 2.24) is 0 Å². The lowest BCUT2D eigenvalue weighted by atomic mass is 10.0. The summed E-state index contributed by atoms with van der Waals surface area (Å²) in [6.45, 7) is 0. The van der Waals surface area contributed by atoms with Crippen LogP contribution in [0.4, 0.5) is 35.1 Å². The van der Waals surface area contributed by atoms with E-state index in [1.165, 1.54) is 0 Å². The molecule has 0 radical (unpaired) electrons. The van der Waals surface area contributed by atoms with Crippen molar-refractivity contribution in [3.8, 4) is 11.1 Å². The van der Waals surface area contributed by atoms with Crippen LogP contribution in [-0.4, -0.2) is 12.2 Å². The fourth-order valence-electron chi connectivity index (χ4n) is 1.97. The van der Waals surface area contributed by atoms with Gasteiger partial charge in [-0.25, -0.2) is 13.2 Å². The quantitative estimate of drug-likeness (QED) is 0.487. The molecule has 2 aromatic carbocycles. The molecule has 0 unspecified atom stereocenters. The maximum Gasteiger partial charge on any atom is 0.445 e. The van der Waals surface area contributed by atoms with Crippen LogP contribution in [-0.2, 0) is 0 Å². The first-order valence-electron chi connectivity index (χ1n) is 6.44. The first-order chi connectivity index (χ1) is 11.5. The van der Waals surface area contributed by atoms with E-state index in [1.54, 1.807) is 0 Å². The maximum atomic E-state index is 13.8. The summed E-state index contributed by atoms with van der Waals surface area (Å²) >= 11 is 0. The van der Waals surface area contributed by atoms with E-state index >= 15 is 0 Å². The lowest BCUT2D eigenvalue weighted by molar-refractivity contribution is -0.108. The molecule has 2 rings (SSSR count). The molecular weight excluding hydrogens is 360 g/mol. The average molecular weight is 366 g/mol. The lowest BCUT2D eigenvalue weighted by Crippen LogP contribution is -2.09. The summed E-state index contributed by atoms with van der Waals surface area (Å²) in [6, 6.07) is 2.29. The van der Waals surface area contributed by atoms with Crippen LogP contribution in [0, 0.1) is 11.6 Å². The zero-order valence-electron chi connectivity index (χ0n) is 11.9. The van der Waals surface area contributed by atoms with E-state index in [4.69, 9.17) is 0 Å². The largest absolute Gasteiger partial charge is 0.445 e. The first-order valence-corrected chi connectivity index (χ1v) is 6.44. The molecule has 0 aliphatic rings. The molecule has 0 atom stereocenters. The summed E-state index contributed by atoms with van der Waals surface area (Å²) in [6.07, 6.45) is -5.63. The van der Waals surface area contributed by atoms with E-state index in [2.05, 4.69) is 0 Å². The first kappa shape index (κ1) is 18.6. The zero-order valence-corrected chi connectivity index (χ0v) is 11.9. The summed E-state index contributed by atoms with van der Waals surface area (Å²) in [5.74, 6) is -8.24. The highest BCUT2D eigenvalue weighted by atomic mass is 19.4. The van der Waals surface area contributed by atoms with Crippen LogP contribution in [0.15, 0.2) is 42.2 Å². The molecule has 0 fully saturated rings. The van der Waals surface area contributed by atoms with Gasteiger partial charge in [-0.15, -0.1) is 0 Å². The van der Waals surface area contributed by atoms with Gasteiger partial charge in [0, 0.05) is 11.1 Å². The summed E-state index contributed by atoms with van der Waals surface area (Å²) < 4.78 is 103. The van der Waals surface area contributed by atoms with Crippen molar-refractivity contribution < 1.29 is 39.9 Å². The van der Waals surface area contributed by atoms with E-state index < -0.39 is 46.6 Å². The third-order valence-electron chi connectivity index (χ3n) is 3.15. The Morgan fingerprint density at radius 2 is 1.48 bits per heavy atom. The average Bonchev–Trinajstić information content (AvgIpc) is 2.52. The number of hydrogen-bond acceptors (Lipinski definition) is 1. The standard InChI is InChI=1S/C16H6F8O/c17-11-6-8(15(21)25)2-3-9(11)7-1-4-10(12(18)5-7)13(19)14(20)16(22,23)24/h1-6H. The molecule has 9 heteroatoms. The number of halogens is 8. The van der Waals surface area contributed by atoms with Gasteiger partial charge in [0.05, 0.1) is 5.56 Å². The van der Waals surface area contributed by atoms with Crippen LogP contribution in [0.3, 0.4) is 0 Å². The van der Waals surface area contributed by atoms with Crippen molar-refractivity contribution in [3.63, 3.8) is 0 Å². The number of carbonyl (C=O) groups is 1. The Kier molecular flexibility index (Phi) is 4.96. The molecule has 0 amide bonds. The highest BCUT2D eigenvalue weighted by Gasteiger charge is 2.39. The van der Waals surface area contributed by atoms with Crippen molar-refractivity contribution >= 4 is 11.9 Å². The van der Waals surface area contributed by atoms with Gasteiger partial charge in [-0.3, -0.25) is 4.79 Å². The van der Waals surface area contributed by atoms with Gasteiger partial charge in [-0.1, -0.05) is 12.1 Å². The normalized spacial score (nSPS) is 12.8. The van der Waals surface area contributed by atoms with Gasteiger partial charge in [-0.05, 0) is 29.8 Å². The van der Waals surface area contributed by atoms with E-state index in [0.717, 1.165) is 18.2 Å². The minimum absolute atomic E-state index is 0.239. The molecule has 1 nitrogen and oxygen atoms in total. The maximum absolute atomic E-state index is 13.8. The molecule has 0 bridgehead atoms. The number of allylic oxidation sites excluding steroid dienone is 1. The molecule has 0 saturated heterocycles. The molecule has 25 heavy (non-hydrogen) atoms. The Labute approximate surface area is 135 Å². The van der Waals surface area contributed by atoms with E-state index in [1.807, 2.05) is 0 Å². The van der Waals surface area contributed by atoms with Gasteiger partial charge >= 0.3 is 12.2 Å². The Bertz CT molecular complexity index is 867. The molecule has 0 saturated carbocycles. The van der Waals surface area contributed by atoms with Gasteiger partial charge in [0.25, 0.3) is 0 Å². The van der Waals surface area contributed by atoms with Crippen LogP contribution in [0.5, 0.6) is 0 Å². The third-order valence-corrected chi connectivity index (χ3v) is 3.15. The molecule has 2 aromatic rings. The second-order valence-electron chi connectivity index (χ2n) is 4.79. The Morgan fingerprint density at radius 1 is 0.840 bits per heavy atom.